The Morgan fingerprint density at radius 1 is 1.75 bits per heavy atom. The number of carbonyl (C=O) groups is 1. The highest BCUT2D eigenvalue weighted by molar-refractivity contribution is 5.77. The zero-order valence-electron chi connectivity index (χ0n) is 7.76. The Balaban J connectivity index is 4.30. The first-order chi connectivity index (χ1) is 5.45. The molecule has 2 N–H and O–H groups in total. The number of hydrogen-bond donors (Lipinski definition) is 1. The summed E-state index contributed by atoms with van der Waals surface area (Å²) >= 11 is 0. The highest BCUT2D eigenvalue weighted by Crippen LogP contribution is 2.18. The van der Waals surface area contributed by atoms with Crippen LogP contribution in [0.25, 0.3) is 0 Å². The van der Waals surface area contributed by atoms with E-state index in [0.717, 1.165) is 0 Å². The van der Waals surface area contributed by atoms with Gasteiger partial charge in [0.05, 0.1) is 12.0 Å². The number of terminal acetylenes is 1. The van der Waals surface area contributed by atoms with Crippen LogP contribution in [0.15, 0.2) is 0 Å². The van der Waals surface area contributed by atoms with Crippen LogP contribution in [-0.2, 0) is 9.53 Å². The van der Waals surface area contributed by atoms with Gasteiger partial charge in [0, 0.05) is 0 Å². The third kappa shape index (κ3) is 2.55. The van der Waals surface area contributed by atoms with Crippen molar-refractivity contribution in [2.24, 2.45) is 11.1 Å². The van der Waals surface area contributed by atoms with E-state index in [4.69, 9.17) is 16.9 Å². The molecule has 0 saturated heterocycles. The minimum Gasteiger partial charge on any atom is -0.465 e. The molecule has 0 aliphatic carbocycles. The normalized spacial score (nSPS) is 13.2. The van der Waals surface area contributed by atoms with Crippen LogP contribution in [0.1, 0.15) is 20.8 Å². The summed E-state index contributed by atoms with van der Waals surface area (Å²) in [5.74, 6) is 2.01. The van der Waals surface area contributed by atoms with Crippen molar-refractivity contribution in [3.63, 3.8) is 0 Å². The molecule has 0 heterocycles. The van der Waals surface area contributed by atoms with Crippen LogP contribution < -0.4 is 5.73 Å². The van der Waals surface area contributed by atoms with Crippen LogP contribution in [0.3, 0.4) is 0 Å². The van der Waals surface area contributed by atoms with Crippen molar-refractivity contribution in [2.45, 2.75) is 26.8 Å². The van der Waals surface area contributed by atoms with Gasteiger partial charge < -0.3 is 10.5 Å². The highest BCUT2D eigenvalue weighted by atomic mass is 16.5. The molecule has 0 aliphatic heterocycles. The quantitative estimate of drug-likeness (QED) is 0.495. The first kappa shape index (κ1) is 11.0. The Hall–Kier alpha value is -1.01. The number of esters is 1. The van der Waals surface area contributed by atoms with Crippen LogP contribution in [0.4, 0.5) is 0 Å². The molecule has 0 aromatic carbocycles. The lowest BCUT2D eigenvalue weighted by atomic mass is 9.86. The summed E-state index contributed by atoms with van der Waals surface area (Å²) in [7, 11) is 0. The molecule has 12 heavy (non-hydrogen) atoms. The van der Waals surface area contributed by atoms with Crippen molar-refractivity contribution in [3.05, 3.63) is 0 Å². The summed E-state index contributed by atoms with van der Waals surface area (Å²) in [6, 6.07) is -0.748. The van der Waals surface area contributed by atoms with Crippen molar-refractivity contribution in [1.82, 2.24) is 0 Å². The van der Waals surface area contributed by atoms with Gasteiger partial charge in [-0.1, -0.05) is 5.92 Å². The maximum atomic E-state index is 11.1. The van der Waals surface area contributed by atoms with E-state index in [9.17, 15) is 4.79 Å². The molecule has 0 amide bonds. The summed E-state index contributed by atoms with van der Waals surface area (Å²) in [5, 5.41) is 0. The Morgan fingerprint density at radius 3 is 2.58 bits per heavy atom. The first-order valence-electron chi connectivity index (χ1n) is 3.85. The van der Waals surface area contributed by atoms with Crippen LogP contribution in [0.5, 0.6) is 0 Å². The van der Waals surface area contributed by atoms with Crippen molar-refractivity contribution in [1.29, 1.82) is 0 Å². The molecule has 0 unspecified atom stereocenters. The number of nitrogens with two attached hydrogens (primary N) is 1. The number of carbonyl (C=O) groups excluding carboxylic acids is 1. The predicted molar refractivity (Wildman–Crippen MR) is 47.2 cm³/mol. The van der Waals surface area contributed by atoms with E-state index >= 15 is 0 Å². The summed E-state index contributed by atoms with van der Waals surface area (Å²) in [5.41, 5.74) is 4.93. The van der Waals surface area contributed by atoms with E-state index < -0.39 is 17.4 Å². The van der Waals surface area contributed by atoms with Gasteiger partial charge >= 0.3 is 5.97 Å². The van der Waals surface area contributed by atoms with Gasteiger partial charge in [0.15, 0.2) is 0 Å². The van der Waals surface area contributed by atoms with Crippen LogP contribution in [-0.4, -0.2) is 18.6 Å². The van der Waals surface area contributed by atoms with E-state index in [2.05, 4.69) is 5.92 Å². The van der Waals surface area contributed by atoms with Crippen molar-refractivity contribution in [3.8, 4) is 12.3 Å². The molecular formula is C9H15NO2. The molecule has 0 fully saturated rings. The molecule has 0 rings (SSSR count). The van der Waals surface area contributed by atoms with E-state index in [1.54, 1.807) is 20.8 Å². The van der Waals surface area contributed by atoms with Gasteiger partial charge in [-0.05, 0) is 20.8 Å². The Labute approximate surface area is 73.3 Å². The van der Waals surface area contributed by atoms with E-state index in [1.165, 1.54) is 0 Å². The van der Waals surface area contributed by atoms with Crippen LogP contribution in [0, 0.1) is 17.8 Å². The molecule has 0 aliphatic rings. The summed E-state index contributed by atoms with van der Waals surface area (Å²) in [6.45, 7) is 5.52. The fourth-order valence-corrected chi connectivity index (χ4v) is 0.616. The fraction of sp³-hybridized carbons (Fsp3) is 0.667. The summed E-state index contributed by atoms with van der Waals surface area (Å²) < 4.78 is 4.73. The first-order valence-corrected chi connectivity index (χ1v) is 3.85. The molecule has 3 heteroatoms. The Morgan fingerprint density at radius 2 is 2.25 bits per heavy atom. The van der Waals surface area contributed by atoms with Gasteiger partial charge in [-0.25, -0.2) is 0 Å². The minimum absolute atomic E-state index is 0.327. The highest BCUT2D eigenvalue weighted by Gasteiger charge is 2.31. The van der Waals surface area contributed by atoms with E-state index in [0.29, 0.717) is 6.61 Å². The second-order valence-corrected chi connectivity index (χ2v) is 3.10. The molecule has 0 bridgehead atoms. The predicted octanol–water partition coefficient (Wildman–Crippen LogP) is 0.536. The largest absolute Gasteiger partial charge is 0.465 e. The number of ether oxygens (including phenoxy) is 1. The molecule has 0 spiro atoms. The lowest BCUT2D eigenvalue weighted by molar-refractivity contribution is -0.146. The van der Waals surface area contributed by atoms with Crippen molar-refractivity contribution >= 4 is 5.97 Å². The van der Waals surface area contributed by atoms with Gasteiger partial charge in [-0.15, -0.1) is 6.42 Å². The molecule has 3 nitrogen and oxygen atoms in total. The zero-order chi connectivity index (χ0) is 9.78. The molecule has 0 radical (unpaired) electrons. The topological polar surface area (TPSA) is 52.3 Å². The monoisotopic (exact) mass is 169 g/mol. The van der Waals surface area contributed by atoms with Crippen LogP contribution >= 0.6 is 0 Å². The molecular weight excluding hydrogens is 154 g/mol. The van der Waals surface area contributed by atoms with E-state index in [-0.39, 0.29) is 0 Å². The third-order valence-electron chi connectivity index (χ3n) is 1.69. The molecule has 0 saturated carbocycles. The number of hydrogen-bond acceptors (Lipinski definition) is 3. The molecule has 1 atom stereocenters. The zero-order valence-corrected chi connectivity index (χ0v) is 7.76. The van der Waals surface area contributed by atoms with Crippen molar-refractivity contribution in [2.75, 3.05) is 6.61 Å². The average Bonchev–Trinajstić information content (AvgIpc) is 2.03. The maximum absolute atomic E-state index is 11.1. The second kappa shape index (κ2) is 4.13. The molecule has 0 aromatic rings. The molecule has 0 aromatic heterocycles. The van der Waals surface area contributed by atoms with Gasteiger partial charge in [0.25, 0.3) is 0 Å². The van der Waals surface area contributed by atoms with Gasteiger partial charge in [0.1, 0.15) is 6.04 Å². The van der Waals surface area contributed by atoms with Gasteiger partial charge in [-0.3, -0.25) is 4.79 Å². The van der Waals surface area contributed by atoms with Gasteiger partial charge in [0.2, 0.25) is 0 Å². The average molecular weight is 169 g/mol. The summed E-state index contributed by atoms with van der Waals surface area (Å²) in [4.78, 5) is 11.1. The van der Waals surface area contributed by atoms with Crippen molar-refractivity contribution < 1.29 is 9.53 Å². The van der Waals surface area contributed by atoms with Gasteiger partial charge in [-0.2, -0.15) is 0 Å². The van der Waals surface area contributed by atoms with Crippen LogP contribution in [0.2, 0.25) is 0 Å². The fourth-order valence-electron chi connectivity index (χ4n) is 0.616. The lowest BCUT2D eigenvalue weighted by Crippen LogP contribution is -2.44. The lowest BCUT2D eigenvalue weighted by Gasteiger charge is -2.23. The van der Waals surface area contributed by atoms with E-state index in [1.807, 2.05) is 0 Å². The Bertz CT molecular complexity index is 203. The minimum atomic E-state index is -0.748. The number of rotatable bonds is 3. The second-order valence-electron chi connectivity index (χ2n) is 3.10. The molecule has 68 valence electrons. The standard InChI is InChI=1S/C9H15NO2/c1-5-9(3,4)7(10)8(11)12-6-2/h1,7H,6,10H2,2-4H3/t7-/m1/s1. The smallest absolute Gasteiger partial charge is 0.324 e. The SMILES string of the molecule is C#CC(C)(C)[C@H](N)C(=O)OCC. The summed E-state index contributed by atoms with van der Waals surface area (Å²) in [6.07, 6.45) is 5.20. The maximum Gasteiger partial charge on any atom is 0.324 e. The third-order valence-corrected chi connectivity index (χ3v) is 1.69. The Kier molecular flexibility index (Phi) is 3.78.